The van der Waals surface area contributed by atoms with Gasteiger partial charge in [0.25, 0.3) is 0 Å². The first-order valence-electron chi connectivity index (χ1n) is 5.87. The minimum atomic E-state index is -0.627. The van der Waals surface area contributed by atoms with Gasteiger partial charge in [0.1, 0.15) is 0 Å². The summed E-state index contributed by atoms with van der Waals surface area (Å²) in [7, 11) is 1.79. The molecule has 120 valence electrons. The summed E-state index contributed by atoms with van der Waals surface area (Å²) >= 11 is -0.627. The number of carbonyl (C=O) groups is 2. The summed E-state index contributed by atoms with van der Waals surface area (Å²) in [6.07, 6.45) is 0.392. The van der Waals surface area contributed by atoms with E-state index in [4.69, 9.17) is 4.74 Å². The number of hydrogen-bond donors (Lipinski definition) is 0. The van der Waals surface area contributed by atoms with Crippen LogP contribution in [0, 0.1) is 0 Å². The fourth-order valence-electron chi connectivity index (χ4n) is 1.38. The fraction of sp³-hybridized carbons (Fsp3) is 0.385. The van der Waals surface area contributed by atoms with Crippen LogP contribution < -0.4 is 4.40 Å². The Balaban J connectivity index is -0.00000108. The Hall–Kier alpha value is -1.42. The third-order valence-corrected chi connectivity index (χ3v) is 4.76. The van der Waals surface area contributed by atoms with E-state index in [9.17, 15) is 9.59 Å². The molecule has 0 unspecified atom stereocenters. The Kier molecular flexibility index (Phi) is 15.9. The molecule has 1 amide bonds. The van der Waals surface area contributed by atoms with Gasteiger partial charge in [-0.25, -0.2) is 0 Å². The first-order valence-corrected chi connectivity index (χ1v) is 7.86. The average Bonchev–Trinajstić information content (AvgIpc) is 2.37. The first-order chi connectivity index (χ1) is 8.63. The van der Waals surface area contributed by atoms with Gasteiger partial charge in [0.15, 0.2) is 0 Å². The molecule has 0 heterocycles. The van der Waals surface area contributed by atoms with E-state index in [1.165, 1.54) is 4.40 Å². The van der Waals surface area contributed by atoms with Crippen LogP contribution in [0.2, 0.25) is 0 Å². The van der Waals surface area contributed by atoms with Crippen LogP contribution in [0.1, 0.15) is 19.8 Å². The standard InChI is InChI=1S/C13H17GeNO3.3H2O/c1-3-18-13(17)10-9-12(16)15(2)14-11-7-5-4-6-8-11;;;/h4-8H,3,9-10H2,1-2H3;3*1H2. The third-order valence-electron chi connectivity index (χ3n) is 2.29. The van der Waals surface area contributed by atoms with Crippen LogP contribution in [0.5, 0.6) is 0 Å². The van der Waals surface area contributed by atoms with Gasteiger partial charge in [0, 0.05) is 0 Å². The number of nitrogens with zero attached hydrogens (tertiary/aromatic N) is 1. The van der Waals surface area contributed by atoms with Crippen molar-refractivity contribution in [3.8, 4) is 0 Å². The van der Waals surface area contributed by atoms with Crippen LogP contribution in [0.4, 0.5) is 0 Å². The Morgan fingerprint density at radius 1 is 1.10 bits per heavy atom. The molecule has 0 aliphatic heterocycles. The van der Waals surface area contributed by atoms with Crippen LogP contribution in [0.25, 0.3) is 0 Å². The number of ether oxygens (including phenoxy) is 1. The van der Waals surface area contributed by atoms with Crippen LogP contribution >= 0.6 is 0 Å². The molecule has 0 saturated carbocycles. The summed E-state index contributed by atoms with van der Waals surface area (Å²) in [4.78, 5) is 23.0. The zero-order valence-electron chi connectivity index (χ0n) is 12.2. The molecule has 2 radical (unpaired) electrons. The Morgan fingerprint density at radius 3 is 2.19 bits per heavy atom. The van der Waals surface area contributed by atoms with Crippen molar-refractivity contribution in [2.45, 2.75) is 19.8 Å². The number of rotatable bonds is 6. The molecule has 0 saturated heterocycles. The number of benzene rings is 1. The zero-order valence-corrected chi connectivity index (χ0v) is 14.3. The number of hydrogen-bond acceptors (Lipinski definition) is 3. The summed E-state index contributed by atoms with van der Waals surface area (Å²) in [6.45, 7) is 2.12. The molecule has 7 nitrogen and oxygen atoms in total. The van der Waals surface area contributed by atoms with E-state index in [2.05, 4.69) is 0 Å². The molecule has 1 aromatic carbocycles. The van der Waals surface area contributed by atoms with Crippen molar-refractivity contribution < 1.29 is 30.8 Å². The molecule has 8 heteroatoms. The van der Waals surface area contributed by atoms with Crippen molar-refractivity contribution in [1.29, 1.82) is 0 Å². The number of esters is 1. The first kappa shape index (κ1) is 24.6. The molecular weight excluding hydrogens is 339 g/mol. The normalized spacial score (nSPS) is 8.48. The van der Waals surface area contributed by atoms with Crippen molar-refractivity contribution >= 4 is 31.9 Å². The smallest absolute Gasteiger partial charge is 0.412 e. The largest absolute Gasteiger partial charge is 0.412 e. The fourth-order valence-corrected chi connectivity index (χ4v) is 3.40. The van der Waals surface area contributed by atoms with Crippen LogP contribution in [-0.2, 0) is 14.3 Å². The van der Waals surface area contributed by atoms with E-state index in [1.807, 2.05) is 30.3 Å². The molecule has 0 aliphatic carbocycles. The second-order valence-corrected chi connectivity index (χ2v) is 6.82. The van der Waals surface area contributed by atoms with Gasteiger partial charge in [0.05, 0.1) is 0 Å². The van der Waals surface area contributed by atoms with E-state index in [0.717, 1.165) is 0 Å². The average molecular weight is 362 g/mol. The predicted molar refractivity (Wildman–Crippen MR) is 81.3 cm³/mol. The topological polar surface area (TPSA) is 141 Å². The third kappa shape index (κ3) is 10.0. The van der Waals surface area contributed by atoms with Crippen molar-refractivity contribution in [1.82, 2.24) is 3.86 Å². The quantitative estimate of drug-likeness (QED) is 0.438. The van der Waals surface area contributed by atoms with Gasteiger partial charge in [0.2, 0.25) is 0 Å². The molecule has 0 spiro atoms. The molecule has 0 aromatic heterocycles. The predicted octanol–water partition coefficient (Wildman–Crippen LogP) is -1.74. The molecule has 6 N–H and O–H groups in total. The van der Waals surface area contributed by atoms with Gasteiger partial charge in [-0.05, 0) is 0 Å². The Bertz CT molecular complexity index is 401. The second kappa shape index (κ2) is 13.6. The van der Waals surface area contributed by atoms with E-state index >= 15 is 0 Å². The SMILES string of the molecule is CCOC(=O)CCC(=O)[N](C)[Ge][c]1ccccc1.O.O.O. The summed E-state index contributed by atoms with van der Waals surface area (Å²) in [5.74, 6) is -0.300. The van der Waals surface area contributed by atoms with Gasteiger partial charge < -0.3 is 16.4 Å². The molecule has 1 aromatic rings. The summed E-state index contributed by atoms with van der Waals surface area (Å²) < 4.78 is 7.73. The van der Waals surface area contributed by atoms with Crippen molar-refractivity contribution in [2.75, 3.05) is 13.7 Å². The van der Waals surface area contributed by atoms with Crippen LogP contribution in [-0.4, -0.2) is 61.5 Å². The van der Waals surface area contributed by atoms with E-state index < -0.39 is 15.7 Å². The molecule has 0 bridgehead atoms. The molecule has 1 rings (SSSR count). The summed E-state index contributed by atoms with van der Waals surface area (Å²) in [5, 5.41) is 0. The van der Waals surface area contributed by atoms with E-state index in [1.54, 1.807) is 17.8 Å². The van der Waals surface area contributed by atoms with Gasteiger partial charge in [-0.15, -0.1) is 0 Å². The maximum Gasteiger partial charge on any atom is -0.412 e. The summed E-state index contributed by atoms with van der Waals surface area (Å²) in [6, 6.07) is 9.94. The number of carbonyl (C=O) groups excluding carboxylic acids is 2. The maximum atomic E-state index is 11.8. The van der Waals surface area contributed by atoms with Crippen molar-refractivity contribution in [3.05, 3.63) is 30.3 Å². The van der Waals surface area contributed by atoms with Gasteiger partial charge in [-0.2, -0.15) is 0 Å². The number of amides is 1. The molecule has 0 atom stereocenters. The van der Waals surface area contributed by atoms with E-state index in [-0.39, 0.29) is 41.1 Å². The second-order valence-electron chi connectivity index (χ2n) is 3.74. The van der Waals surface area contributed by atoms with Gasteiger partial charge >= 0.3 is 114 Å². The van der Waals surface area contributed by atoms with Crippen LogP contribution in [0.3, 0.4) is 0 Å². The molecule has 21 heavy (non-hydrogen) atoms. The maximum absolute atomic E-state index is 11.8. The monoisotopic (exact) mass is 363 g/mol. The van der Waals surface area contributed by atoms with E-state index in [0.29, 0.717) is 6.61 Å². The molecule has 0 aliphatic rings. The van der Waals surface area contributed by atoms with Crippen LogP contribution in [0.15, 0.2) is 30.3 Å². The van der Waals surface area contributed by atoms with Crippen molar-refractivity contribution in [2.24, 2.45) is 0 Å². The zero-order chi connectivity index (χ0) is 13.4. The molecule has 0 fully saturated rings. The van der Waals surface area contributed by atoms with Gasteiger partial charge in [-0.3, -0.25) is 0 Å². The Morgan fingerprint density at radius 2 is 1.67 bits per heavy atom. The minimum absolute atomic E-state index is 0. The van der Waals surface area contributed by atoms with Gasteiger partial charge in [-0.1, -0.05) is 0 Å². The minimum Gasteiger partial charge on any atom is -0.412 e. The van der Waals surface area contributed by atoms with Crippen molar-refractivity contribution in [3.63, 3.8) is 0 Å². The Labute approximate surface area is 130 Å². The summed E-state index contributed by atoms with van der Waals surface area (Å²) in [5.41, 5.74) is 0. The molecular formula is C13H23GeNO6.